The highest BCUT2D eigenvalue weighted by molar-refractivity contribution is 6.31. The summed E-state index contributed by atoms with van der Waals surface area (Å²) in [5, 5.41) is 32.4. The largest absolute Gasteiger partial charge is 0.502 e. The molecule has 27 heavy (non-hydrogen) atoms. The Morgan fingerprint density at radius 1 is 1.41 bits per heavy atom. The number of nitro benzene ring substituents is 1. The summed E-state index contributed by atoms with van der Waals surface area (Å²) in [6.45, 7) is 0.301. The molecule has 0 aliphatic heterocycles. The molecule has 138 valence electrons. The van der Waals surface area contributed by atoms with Crippen LogP contribution in [0.3, 0.4) is 0 Å². The molecule has 1 amide bonds. The minimum absolute atomic E-state index is 0.0109. The van der Waals surface area contributed by atoms with E-state index in [0.717, 1.165) is 23.3 Å². The van der Waals surface area contributed by atoms with Crippen molar-refractivity contribution in [3.8, 4) is 5.75 Å². The number of hydrogen-bond acceptors (Lipinski definition) is 7. The third-order valence-electron chi connectivity index (χ3n) is 3.64. The number of aromatic hydroxyl groups is 1. The number of phenols is 1. The van der Waals surface area contributed by atoms with Gasteiger partial charge in [0.2, 0.25) is 11.7 Å². The highest BCUT2D eigenvalue weighted by Gasteiger charge is 2.17. The summed E-state index contributed by atoms with van der Waals surface area (Å²) < 4.78 is 1.60. The second-order valence-corrected chi connectivity index (χ2v) is 5.90. The molecule has 0 radical (unpaired) electrons. The summed E-state index contributed by atoms with van der Waals surface area (Å²) in [6, 6.07) is 9.68. The average Bonchev–Trinajstić information content (AvgIpc) is 3.05. The number of amides is 1. The van der Waals surface area contributed by atoms with Crippen LogP contribution in [-0.4, -0.2) is 37.1 Å². The van der Waals surface area contributed by atoms with E-state index in [9.17, 15) is 20.0 Å². The lowest BCUT2D eigenvalue weighted by atomic mass is 10.2. The van der Waals surface area contributed by atoms with Crippen molar-refractivity contribution in [2.45, 2.75) is 13.0 Å². The Kier molecular flexibility index (Phi) is 5.27. The smallest absolute Gasteiger partial charge is 0.312 e. The number of aryl methyl sites for hydroxylation is 1. The Balaban J connectivity index is 1.62. The number of halogens is 1. The van der Waals surface area contributed by atoms with Crippen molar-refractivity contribution in [2.75, 3.05) is 0 Å². The Morgan fingerprint density at radius 3 is 2.96 bits per heavy atom. The SMILES string of the molecule is O=C(CCn1nnc2ccccc21)N/N=C/c1cc(Cl)cc([N+](=O)[O-])c1O. The first-order valence-electron chi connectivity index (χ1n) is 7.72. The van der Waals surface area contributed by atoms with Crippen molar-refractivity contribution in [1.29, 1.82) is 0 Å². The number of phenolic OH excluding ortho intramolecular Hbond substituents is 1. The molecule has 2 aromatic carbocycles. The Morgan fingerprint density at radius 2 is 2.19 bits per heavy atom. The second kappa shape index (κ2) is 7.79. The average molecular weight is 389 g/mol. The summed E-state index contributed by atoms with van der Waals surface area (Å²) in [5.41, 5.74) is 3.29. The van der Waals surface area contributed by atoms with Crippen LogP contribution in [0.1, 0.15) is 12.0 Å². The standard InChI is InChI=1S/C16H13ClN6O4/c17-11-7-10(16(25)14(8-11)23(26)27)9-18-20-15(24)5-6-22-13-4-2-1-3-12(13)19-21-22/h1-4,7-9,25H,5-6H2,(H,20,24)/b18-9+. The first-order valence-corrected chi connectivity index (χ1v) is 8.10. The van der Waals surface area contributed by atoms with Gasteiger partial charge in [0.05, 0.1) is 23.2 Å². The van der Waals surface area contributed by atoms with Gasteiger partial charge < -0.3 is 5.11 Å². The molecule has 11 heteroatoms. The van der Waals surface area contributed by atoms with E-state index in [1.807, 2.05) is 24.3 Å². The number of carbonyl (C=O) groups excluding carboxylic acids is 1. The highest BCUT2D eigenvalue weighted by Crippen LogP contribution is 2.32. The quantitative estimate of drug-likeness (QED) is 0.377. The van der Waals surface area contributed by atoms with Gasteiger partial charge in [-0.2, -0.15) is 5.10 Å². The summed E-state index contributed by atoms with van der Waals surface area (Å²) in [4.78, 5) is 22.0. The number of nitrogens with zero attached hydrogens (tertiary/aromatic N) is 5. The van der Waals surface area contributed by atoms with Gasteiger partial charge in [-0.05, 0) is 18.2 Å². The molecule has 0 spiro atoms. The molecule has 0 fully saturated rings. The second-order valence-electron chi connectivity index (χ2n) is 5.46. The van der Waals surface area contributed by atoms with Gasteiger partial charge in [-0.25, -0.2) is 10.1 Å². The minimum atomic E-state index is -0.764. The van der Waals surface area contributed by atoms with Gasteiger partial charge in [-0.15, -0.1) is 5.10 Å². The molecule has 2 N–H and O–H groups in total. The van der Waals surface area contributed by atoms with E-state index >= 15 is 0 Å². The zero-order valence-corrected chi connectivity index (χ0v) is 14.5. The van der Waals surface area contributed by atoms with Gasteiger partial charge >= 0.3 is 5.69 Å². The van der Waals surface area contributed by atoms with Crippen LogP contribution >= 0.6 is 11.6 Å². The van der Waals surface area contributed by atoms with Crippen LogP contribution in [-0.2, 0) is 11.3 Å². The summed E-state index contributed by atoms with van der Waals surface area (Å²) in [5.74, 6) is -0.988. The maximum absolute atomic E-state index is 11.9. The summed E-state index contributed by atoms with van der Waals surface area (Å²) in [7, 11) is 0. The third kappa shape index (κ3) is 4.18. The molecule has 0 atom stereocenters. The molecule has 3 rings (SSSR count). The third-order valence-corrected chi connectivity index (χ3v) is 3.86. The summed E-state index contributed by atoms with van der Waals surface area (Å²) >= 11 is 5.78. The van der Waals surface area contributed by atoms with Crippen LogP contribution in [0.15, 0.2) is 41.5 Å². The fraction of sp³-hybridized carbons (Fsp3) is 0.125. The number of nitro groups is 1. The van der Waals surface area contributed by atoms with Crippen LogP contribution in [0.2, 0.25) is 5.02 Å². The van der Waals surface area contributed by atoms with Crippen LogP contribution in [0.25, 0.3) is 11.0 Å². The van der Waals surface area contributed by atoms with Gasteiger partial charge in [0.1, 0.15) is 5.52 Å². The molecule has 1 heterocycles. The van der Waals surface area contributed by atoms with E-state index in [4.69, 9.17) is 11.6 Å². The fourth-order valence-electron chi connectivity index (χ4n) is 2.36. The molecular weight excluding hydrogens is 376 g/mol. The monoisotopic (exact) mass is 388 g/mol. The number of hydrogen-bond donors (Lipinski definition) is 2. The number of rotatable bonds is 6. The number of aromatic nitrogens is 3. The first kappa shape index (κ1) is 18.3. The van der Waals surface area contributed by atoms with E-state index in [2.05, 4.69) is 20.8 Å². The van der Waals surface area contributed by atoms with Crippen molar-refractivity contribution >= 4 is 40.4 Å². The van der Waals surface area contributed by atoms with Crippen LogP contribution in [0, 0.1) is 10.1 Å². The molecule has 0 aliphatic carbocycles. The normalized spacial score (nSPS) is 11.1. The maximum Gasteiger partial charge on any atom is 0.312 e. The highest BCUT2D eigenvalue weighted by atomic mass is 35.5. The molecule has 10 nitrogen and oxygen atoms in total. The van der Waals surface area contributed by atoms with Crippen LogP contribution in [0.5, 0.6) is 5.75 Å². The zero-order valence-electron chi connectivity index (χ0n) is 13.7. The van der Waals surface area contributed by atoms with Crippen LogP contribution in [0.4, 0.5) is 5.69 Å². The fourth-order valence-corrected chi connectivity index (χ4v) is 2.58. The molecule has 0 bridgehead atoms. The molecule has 0 saturated carbocycles. The van der Waals surface area contributed by atoms with Gasteiger partial charge in [-0.1, -0.05) is 28.9 Å². The van der Waals surface area contributed by atoms with Gasteiger partial charge in [0.15, 0.2) is 0 Å². The molecular formula is C16H13ClN6O4. The Labute approximate surface area is 157 Å². The topological polar surface area (TPSA) is 136 Å². The molecule has 0 unspecified atom stereocenters. The number of fused-ring (bicyclic) bond motifs is 1. The minimum Gasteiger partial charge on any atom is -0.502 e. The number of carbonyl (C=O) groups is 1. The number of nitrogens with one attached hydrogen (secondary N) is 1. The van der Waals surface area contributed by atoms with Crippen molar-refractivity contribution in [3.63, 3.8) is 0 Å². The number of benzene rings is 2. The zero-order chi connectivity index (χ0) is 19.4. The van der Waals surface area contributed by atoms with Gasteiger partial charge in [-0.3, -0.25) is 14.9 Å². The number of hydrazone groups is 1. The lowest BCUT2D eigenvalue weighted by Gasteiger charge is -2.03. The lowest BCUT2D eigenvalue weighted by molar-refractivity contribution is -0.385. The maximum atomic E-state index is 11.9. The van der Waals surface area contributed by atoms with E-state index in [-0.39, 0.29) is 17.0 Å². The molecule has 0 aliphatic rings. The van der Waals surface area contributed by atoms with Gasteiger partial charge in [0, 0.05) is 23.1 Å². The molecule has 0 saturated heterocycles. The van der Waals surface area contributed by atoms with Gasteiger partial charge in [0.25, 0.3) is 0 Å². The van der Waals surface area contributed by atoms with Crippen LogP contribution < -0.4 is 5.43 Å². The van der Waals surface area contributed by atoms with Crippen molar-refractivity contribution < 1.29 is 14.8 Å². The summed E-state index contributed by atoms with van der Waals surface area (Å²) in [6.07, 6.45) is 1.17. The molecule has 1 aromatic heterocycles. The first-order chi connectivity index (χ1) is 13.0. The molecule has 3 aromatic rings. The Bertz CT molecular complexity index is 1050. The predicted octanol–water partition coefficient (Wildman–Crippen LogP) is 2.24. The lowest BCUT2D eigenvalue weighted by Crippen LogP contribution is -2.19. The van der Waals surface area contributed by atoms with E-state index in [1.165, 1.54) is 6.07 Å². The number of para-hydroxylation sites is 1. The Hall–Kier alpha value is -3.53. The van der Waals surface area contributed by atoms with E-state index in [0.29, 0.717) is 6.54 Å². The predicted molar refractivity (Wildman–Crippen MR) is 97.7 cm³/mol. The van der Waals surface area contributed by atoms with Crippen molar-refractivity contribution in [3.05, 3.63) is 57.1 Å². The van der Waals surface area contributed by atoms with E-state index in [1.54, 1.807) is 4.68 Å². The van der Waals surface area contributed by atoms with Crippen molar-refractivity contribution in [1.82, 2.24) is 20.4 Å². The van der Waals surface area contributed by atoms with Crippen molar-refractivity contribution in [2.24, 2.45) is 5.10 Å². The van der Waals surface area contributed by atoms with E-state index < -0.39 is 22.3 Å².